The van der Waals surface area contributed by atoms with Crippen molar-refractivity contribution in [2.45, 2.75) is 32.6 Å². The topological polar surface area (TPSA) is 29.5 Å². The third-order valence-corrected chi connectivity index (χ3v) is 4.75. The van der Waals surface area contributed by atoms with Gasteiger partial charge in [-0.05, 0) is 50.2 Å². The minimum atomic E-state index is -0.540. The van der Waals surface area contributed by atoms with E-state index in [4.69, 9.17) is 16.3 Å². The van der Waals surface area contributed by atoms with E-state index in [0.717, 1.165) is 37.9 Å². The third kappa shape index (κ3) is 3.99. The fourth-order valence-electron chi connectivity index (χ4n) is 3.01. The first-order chi connectivity index (χ1) is 10.5. The van der Waals surface area contributed by atoms with Gasteiger partial charge in [0.25, 0.3) is 5.91 Å². The summed E-state index contributed by atoms with van der Waals surface area (Å²) in [5.41, 5.74) is 0.735. The van der Waals surface area contributed by atoms with Crippen LogP contribution in [0.1, 0.15) is 41.6 Å². The molecule has 0 aromatic heterocycles. The fourth-order valence-corrected chi connectivity index (χ4v) is 3.25. The van der Waals surface area contributed by atoms with Gasteiger partial charge in [-0.2, -0.15) is 0 Å². The first kappa shape index (κ1) is 17.2. The molecule has 0 aliphatic carbocycles. The molecule has 2 rings (SSSR count). The number of hydrogen-bond acceptors (Lipinski definition) is 2. The van der Waals surface area contributed by atoms with Gasteiger partial charge < -0.3 is 9.64 Å². The van der Waals surface area contributed by atoms with Gasteiger partial charge in [0.15, 0.2) is 0 Å². The highest BCUT2D eigenvalue weighted by Crippen LogP contribution is 2.28. The maximum Gasteiger partial charge on any atom is 0.258 e. The van der Waals surface area contributed by atoms with Crippen molar-refractivity contribution in [3.8, 4) is 0 Å². The quantitative estimate of drug-likeness (QED) is 0.763. The van der Waals surface area contributed by atoms with Crippen LogP contribution in [0.4, 0.5) is 4.39 Å². The van der Waals surface area contributed by atoms with Crippen molar-refractivity contribution in [1.29, 1.82) is 0 Å². The van der Waals surface area contributed by atoms with Gasteiger partial charge in [0.2, 0.25) is 0 Å². The summed E-state index contributed by atoms with van der Waals surface area (Å²) < 4.78 is 19.1. The minimum absolute atomic E-state index is 0.0132. The summed E-state index contributed by atoms with van der Waals surface area (Å²) in [5.74, 6) is -0.371. The van der Waals surface area contributed by atoms with Gasteiger partial charge in [0.05, 0.1) is 10.6 Å². The number of likely N-dealkylation sites (tertiary alicyclic amines) is 1. The van der Waals surface area contributed by atoms with E-state index in [1.165, 1.54) is 6.07 Å². The second-order valence-electron chi connectivity index (χ2n) is 5.95. The Balaban J connectivity index is 2.08. The molecule has 1 amide bonds. The Hall–Kier alpha value is -1.13. The van der Waals surface area contributed by atoms with Gasteiger partial charge in [-0.25, -0.2) is 4.39 Å². The van der Waals surface area contributed by atoms with Gasteiger partial charge >= 0.3 is 0 Å². The minimum Gasteiger partial charge on any atom is -0.385 e. The van der Waals surface area contributed by atoms with Crippen LogP contribution in [-0.4, -0.2) is 37.6 Å². The van der Waals surface area contributed by atoms with E-state index in [9.17, 15) is 9.18 Å². The number of aryl methyl sites for hydroxylation is 1. The Kier molecular flexibility index (Phi) is 6.21. The first-order valence-corrected chi connectivity index (χ1v) is 8.15. The predicted molar refractivity (Wildman–Crippen MR) is 85.9 cm³/mol. The lowest BCUT2D eigenvalue weighted by Gasteiger charge is -2.33. The highest BCUT2D eigenvalue weighted by Gasteiger charge is 2.27. The number of nitrogens with zero attached hydrogens (tertiary/aromatic N) is 1. The molecule has 1 aromatic carbocycles. The standard InChI is InChI=1S/C17H23ClFNO2/c1-12-7-8-14(19)15(16(12)18)17(21)20-9-3-5-13(11-20)6-4-10-22-2/h7-8,13H,3-6,9-11H2,1-2H3. The molecule has 0 N–H and O–H groups in total. The molecule has 1 fully saturated rings. The number of piperidine rings is 1. The number of methoxy groups -OCH3 is 1. The number of ether oxygens (including phenoxy) is 1. The number of halogens is 2. The van der Waals surface area contributed by atoms with Gasteiger partial charge in [0, 0.05) is 26.8 Å². The van der Waals surface area contributed by atoms with Crippen LogP contribution in [0.25, 0.3) is 0 Å². The largest absolute Gasteiger partial charge is 0.385 e. The van der Waals surface area contributed by atoms with E-state index >= 15 is 0 Å². The molecule has 3 nitrogen and oxygen atoms in total. The Morgan fingerprint density at radius 1 is 1.50 bits per heavy atom. The molecule has 1 saturated heterocycles. The average Bonchev–Trinajstić information content (AvgIpc) is 2.52. The number of amides is 1. The summed E-state index contributed by atoms with van der Waals surface area (Å²) in [6.07, 6.45) is 4.08. The summed E-state index contributed by atoms with van der Waals surface area (Å²) in [4.78, 5) is 14.4. The normalized spacial score (nSPS) is 18.5. The SMILES string of the molecule is COCCCC1CCCN(C(=O)c2c(F)ccc(C)c2Cl)C1. The summed E-state index contributed by atoms with van der Waals surface area (Å²) in [5, 5.41) is 0.228. The molecule has 1 heterocycles. The van der Waals surface area contributed by atoms with Crippen LogP contribution in [0.15, 0.2) is 12.1 Å². The molecule has 1 aliphatic heterocycles. The second kappa shape index (κ2) is 7.93. The van der Waals surface area contributed by atoms with E-state index in [1.54, 1.807) is 25.0 Å². The van der Waals surface area contributed by atoms with Crippen LogP contribution >= 0.6 is 11.6 Å². The van der Waals surface area contributed by atoms with E-state index in [-0.39, 0.29) is 16.5 Å². The van der Waals surface area contributed by atoms with Crippen molar-refractivity contribution in [2.24, 2.45) is 5.92 Å². The molecule has 1 atom stereocenters. The second-order valence-corrected chi connectivity index (χ2v) is 6.33. The van der Waals surface area contributed by atoms with E-state index in [0.29, 0.717) is 19.0 Å². The number of benzene rings is 1. The van der Waals surface area contributed by atoms with Crippen LogP contribution in [0.3, 0.4) is 0 Å². The molecule has 0 saturated carbocycles. The number of hydrogen-bond donors (Lipinski definition) is 0. The van der Waals surface area contributed by atoms with Crippen LogP contribution in [0.2, 0.25) is 5.02 Å². The summed E-state index contributed by atoms with van der Waals surface area (Å²) in [6, 6.07) is 2.91. The van der Waals surface area contributed by atoms with Gasteiger partial charge in [-0.3, -0.25) is 4.79 Å². The molecule has 1 aromatic rings. The number of carbonyl (C=O) groups is 1. The fraction of sp³-hybridized carbons (Fsp3) is 0.588. The molecular weight excluding hydrogens is 305 g/mol. The molecule has 122 valence electrons. The summed E-state index contributed by atoms with van der Waals surface area (Å²) in [7, 11) is 1.69. The zero-order valence-electron chi connectivity index (χ0n) is 13.2. The van der Waals surface area contributed by atoms with Crippen molar-refractivity contribution in [3.63, 3.8) is 0 Å². The van der Waals surface area contributed by atoms with Crippen molar-refractivity contribution in [1.82, 2.24) is 4.90 Å². The highest BCUT2D eigenvalue weighted by atomic mass is 35.5. The monoisotopic (exact) mass is 327 g/mol. The van der Waals surface area contributed by atoms with Gasteiger partial charge in [-0.1, -0.05) is 17.7 Å². The molecule has 22 heavy (non-hydrogen) atoms. The zero-order valence-corrected chi connectivity index (χ0v) is 14.0. The molecular formula is C17H23ClFNO2. The maximum atomic E-state index is 14.0. The Bertz CT molecular complexity index is 536. The van der Waals surface area contributed by atoms with Crippen LogP contribution in [0.5, 0.6) is 0 Å². The smallest absolute Gasteiger partial charge is 0.258 e. The van der Waals surface area contributed by atoms with Crippen LogP contribution in [0, 0.1) is 18.7 Å². The number of carbonyl (C=O) groups excluding carboxylic acids is 1. The number of rotatable bonds is 5. The lowest BCUT2D eigenvalue weighted by Crippen LogP contribution is -2.40. The summed E-state index contributed by atoms with van der Waals surface area (Å²) in [6.45, 7) is 3.86. The van der Waals surface area contributed by atoms with Crippen molar-refractivity contribution in [3.05, 3.63) is 34.1 Å². The molecule has 1 unspecified atom stereocenters. The highest BCUT2D eigenvalue weighted by molar-refractivity contribution is 6.34. The van der Waals surface area contributed by atoms with E-state index in [2.05, 4.69) is 0 Å². The molecule has 5 heteroatoms. The molecule has 0 bridgehead atoms. The zero-order chi connectivity index (χ0) is 16.1. The average molecular weight is 328 g/mol. The lowest BCUT2D eigenvalue weighted by molar-refractivity contribution is 0.0656. The van der Waals surface area contributed by atoms with Gasteiger partial charge in [0.1, 0.15) is 5.82 Å². The molecule has 0 radical (unpaired) electrons. The Morgan fingerprint density at radius 2 is 2.27 bits per heavy atom. The van der Waals surface area contributed by atoms with Crippen molar-refractivity contribution < 1.29 is 13.9 Å². The lowest BCUT2D eigenvalue weighted by atomic mass is 9.93. The van der Waals surface area contributed by atoms with Crippen molar-refractivity contribution >= 4 is 17.5 Å². The van der Waals surface area contributed by atoms with Crippen molar-refractivity contribution in [2.75, 3.05) is 26.8 Å². The van der Waals surface area contributed by atoms with Gasteiger partial charge in [-0.15, -0.1) is 0 Å². The summed E-state index contributed by atoms with van der Waals surface area (Å²) >= 11 is 6.15. The Morgan fingerprint density at radius 3 is 3.00 bits per heavy atom. The van der Waals surface area contributed by atoms with E-state index in [1.807, 2.05) is 0 Å². The predicted octanol–water partition coefficient (Wildman–Crippen LogP) is 4.07. The Labute approximate surface area is 136 Å². The maximum absolute atomic E-state index is 14.0. The molecule has 1 aliphatic rings. The van der Waals surface area contributed by atoms with E-state index < -0.39 is 5.82 Å². The van der Waals surface area contributed by atoms with Crippen LogP contribution in [-0.2, 0) is 4.74 Å². The first-order valence-electron chi connectivity index (χ1n) is 7.77. The van der Waals surface area contributed by atoms with Crippen LogP contribution < -0.4 is 0 Å². The molecule has 0 spiro atoms. The third-order valence-electron chi connectivity index (χ3n) is 4.27.